The summed E-state index contributed by atoms with van der Waals surface area (Å²) in [5.74, 6) is 0.711. The second-order valence-corrected chi connectivity index (χ2v) is 6.20. The minimum atomic E-state index is -1.12. The van der Waals surface area contributed by atoms with Crippen LogP contribution in [0.5, 0.6) is 5.75 Å². The lowest BCUT2D eigenvalue weighted by atomic mass is 10.0. The molecule has 0 spiro atoms. The molecule has 0 amide bonds. The lowest BCUT2D eigenvalue weighted by Crippen LogP contribution is -2.30. The van der Waals surface area contributed by atoms with Crippen LogP contribution in [0.15, 0.2) is 72.8 Å². The fraction of sp³-hybridized carbons (Fsp3) is 0.238. The van der Waals surface area contributed by atoms with Gasteiger partial charge in [0.2, 0.25) is 0 Å². The number of nitrogens with zero attached hydrogens (tertiary/aromatic N) is 1. The smallest absolute Gasteiger partial charge is 0.156 e. The van der Waals surface area contributed by atoms with E-state index in [-0.39, 0.29) is 0 Å². The molecule has 0 saturated heterocycles. The minimum absolute atomic E-state index is 0.310. The Morgan fingerprint density at radius 2 is 1.54 bits per heavy atom. The molecule has 3 rings (SSSR count). The molecule has 3 heteroatoms. The molecule has 0 aromatic heterocycles. The first-order valence-corrected chi connectivity index (χ1v) is 8.13. The van der Waals surface area contributed by atoms with Crippen molar-refractivity contribution in [1.82, 2.24) is 4.90 Å². The molecular weight excluding hydrogens is 301 g/mol. The Bertz CT molecular complexity index is 783. The van der Waals surface area contributed by atoms with Crippen LogP contribution in [-0.2, 0) is 0 Å². The molecule has 0 aliphatic carbocycles. The number of fused-ring (bicyclic) bond motifs is 1. The van der Waals surface area contributed by atoms with Crippen molar-refractivity contribution in [3.05, 3.63) is 78.4 Å². The molecule has 0 fully saturated rings. The fourth-order valence-electron chi connectivity index (χ4n) is 2.87. The molecule has 2 atom stereocenters. The quantitative estimate of drug-likeness (QED) is 0.642. The molecule has 0 heterocycles. The average molecular weight is 323 g/mol. The van der Waals surface area contributed by atoms with Crippen molar-refractivity contribution < 1.29 is 9.13 Å². The van der Waals surface area contributed by atoms with E-state index in [0.29, 0.717) is 12.3 Å². The number of rotatable bonds is 6. The maximum Gasteiger partial charge on any atom is 0.156 e. The second kappa shape index (κ2) is 7.45. The van der Waals surface area contributed by atoms with Gasteiger partial charge in [0, 0.05) is 11.9 Å². The minimum Gasteiger partial charge on any atom is -0.482 e. The SMILES string of the molecule is CN(C)CC(F)C(Oc1cccc2ccccc12)c1ccccc1. The van der Waals surface area contributed by atoms with Crippen molar-refractivity contribution in [2.75, 3.05) is 20.6 Å². The molecule has 3 aromatic carbocycles. The molecule has 0 radical (unpaired) electrons. The molecule has 0 aliphatic rings. The van der Waals surface area contributed by atoms with Crippen LogP contribution in [0, 0.1) is 0 Å². The lowest BCUT2D eigenvalue weighted by Gasteiger charge is -2.25. The first kappa shape index (κ1) is 16.5. The summed E-state index contributed by atoms with van der Waals surface area (Å²) in [5, 5.41) is 2.09. The Labute approximate surface area is 142 Å². The molecule has 0 bridgehead atoms. The highest BCUT2D eigenvalue weighted by Crippen LogP contribution is 2.32. The molecule has 124 valence electrons. The highest BCUT2D eigenvalue weighted by atomic mass is 19.1. The molecule has 2 nitrogen and oxygen atoms in total. The summed E-state index contributed by atoms with van der Waals surface area (Å²) in [5.41, 5.74) is 0.847. The van der Waals surface area contributed by atoms with E-state index in [1.54, 1.807) is 0 Å². The maximum absolute atomic E-state index is 14.9. The summed E-state index contributed by atoms with van der Waals surface area (Å²) in [6, 6.07) is 23.5. The van der Waals surface area contributed by atoms with Crippen molar-refractivity contribution in [3.8, 4) is 5.75 Å². The molecule has 3 aromatic rings. The summed E-state index contributed by atoms with van der Waals surface area (Å²) in [4.78, 5) is 1.84. The number of ether oxygens (including phenoxy) is 1. The van der Waals surface area contributed by atoms with Crippen molar-refractivity contribution in [1.29, 1.82) is 0 Å². The summed E-state index contributed by atoms with van der Waals surface area (Å²) >= 11 is 0. The third-order valence-electron chi connectivity index (χ3n) is 4.00. The van der Waals surface area contributed by atoms with Crippen LogP contribution in [0.25, 0.3) is 10.8 Å². The standard InChI is InChI=1S/C21H22FNO/c1-23(2)15-19(22)21(17-10-4-3-5-11-17)24-20-14-8-12-16-9-6-7-13-18(16)20/h3-14,19,21H,15H2,1-2H3. The van der Waals surface area contributed by atoms with Gasteiger partial charge in [0.1, 0.15) is 5.75 Å². The van der Waals surface area contributed by atoms with Gasteiger partial charge in [-0.3, -0.25) is 0 Å². The summed E-state index contributed by atoms with van der Waals surface area (Å²) in [6.07, 6.45) is -1.76. The number of hydrogen-bond donors (Lipinski definition) is 0. The van der Waals surface area contributed by atoms with E-state index in [2.05, 4.69) is 0 Å². The van der Waals surface area contributed by atoms with Gasteiger partial charge in [-0.25, -0.2) is 4.39 Å². The zero-order valence-electron chi connectivity index (χ0n) is 14.0. The lowest BCUT2D eigenvalue weighted by molar-refractivity contribution is 0.0819. The van der Waals surface area contributed by atoms with Gasteiger partial charge in [-0.1, -0.05) is 66.7 Å². The van der Waals surface area contributed by atoms with Crippen molar-refractivity contribution >= 4 is 10.8 Å². The van der Waals surface area contributed by atoms with E-state index >= 15 is 0 Å². The van der Waals surface area contributed by atoms with Crippen molar-refractivity contribution in [2.45, 2.75) is 12.3 Å². The van der Waals surface area contributed by atoms with E-state index in [1.165, 1.54) is 0 Å². The van der Waals surface area contributed by atoms with Crippen LogP contribution < -0.4 is 4.74 Å². The van der Waals surface area contributed by atoms with Crippen LogP contribution in [0.4, 0.5) is 4.39 Å². The Morgan fingerprint density at radius 3 is 2.29 bits per heavy atom. The molecular formula is C21H22FNO. The zero-order chi connectivity index (χ0) is 16.9. The maximum atomic E-state index is 14.9. The van der Waals surface area contributed by atoms with E-state index in [1.807, 2.05) is 91.8 Å². The highest BCUT2D eigenvalue weighted by Gasteiger charge is 2.26. The van der Waals surface area contributed by atoms with E-state index < -0.39 is 12.3 Å². The van der Waals surface area contributed by atoms with Crippen molar-refractivity contribution in [3.63, 3.8) is 0 Å². The van der Waals surface area contributed by atoms with E-state index in [0.717, 1.165) is 16.3 Å². The number of hydrogen-bond acceptors (Lipinski definition) is 2. The first-order chi connectivity index (χ1) is 11.6. The van der Waals surface area contributed by atoms with Crippen LogP contribution in [-0.4, -0.2) is 31.7 Å². The van der Waals surface area contributed by atoms with Gasteiger partial charge < -0.3 is 9.64 Å². The number of benzene rings is 3. The van der Waals surface area contributed by atoms with Crippen LogP contribution in [0.2, 0.25) is 0 Å². The van der Waals surface area contributed by atoms with E-state index in [9.17, 15) is 4.39 Å². The first-order valence-electron chi connectivity index (χ1n) is 8.13. The molecule has 0 saturated carbocycles. The normalized spacial score (nSPS) is 13.8. The van der Waals surface area contributed by atoms with Crippen molar-refractivity contribution in [2.24, 2.45) is 0 Å². The molecule has 0 aliphatic heterocycles. The topological polar surface area (TPSA) is 12.5 Å². The molecule has 0 N–H and O–H groups in total. The van der Waals surface area contributed by atoms with Gasteiger partial charge in [-0.15, -0.1) is 0 Å². The summed E-state index contributed by atoms with van der Waals surface area (Å²) in [6.45, 7) is 0.310. The van der Waals surface area contributed by atoms with Gasteiger partial charge in [0.15, 0.2) is 12.3 Å². The largest absolute Gasteiger partial charge is 0.482 e. The Kier molecular flexibility index (Phi) is 5.11. The van der Waals surface area contributed by atoms with Crippen LogP contribution in [0.1, 0.15) is 11.7 Å². The Morgan fingerprint density at radius 1 is 0.875 bits per heavy atom. The van der Waals surface area contributed by atoms with Gasteiger partial charge in [-0.2, -0.15) is 0 Å². The monoisotopic (exact) mass is 323 g/mol. The third kappa shape index (κ3) is 3.74. The fourth-order valence-corrected chi connectivity index (χ4v) is 2.87. The second-order valence-electron chi connectivity index (χ2n) is 6.20. The van der Waals surface area contributed by atoms with E-state index in [4.69, 9.17) is 4.74 Å². The predicted octanol–water partition coefficient (Wildman–Crippen LogP) is 4.86. The van der Waals surface area contributed by atoms with Crippen LogP contribution >= 0.6 is 0 Å². The Balaban J connectivity index is 1.96. The van der Waals surface area contributed by atoms with Gasteiger partial charge >= 0.3 is 0 Å². The predicted molar refractivity (Wildman–Crippen MR) is 97.2 cm³/mol. The van der Waals surface area contributed by atoms with Gasteiger partial charge in [0.25, 0.3) is 0 Å². The summed E-state index contributed by atoms with van der Waals surface area (Å²) < 4.78 is 21.1. The Hall–Kier alpha value is -2.39. The average Bonchev–Trinajstić information content (AvgIpc) is 2.60. The molecule has 24 heavy (non-hydrogen) atoms. The van der Waals surface area contributed by atoms with Crippen LogP contribution in [0.3, 0.4) is 0 Å². The molecule has 2 unspecified atom stereocenters. The van der Waals surface area contributed by atoms with Gasteiger partial charge in [0.05, 0.1) is 0 Å². The highest BCUT2D eigenvalue weighted by molar-refractivity contribution is 5.88. The van der Waals surface area contributed by atoms with Gasteiger partial charge in [-0.05, 0) is 31.1 Å². The number of halogens is 1. The summed E-state index contributed by atoms with van der Waals surface area (Å²) in [7, 11) is 3.74. The zero-order valence-corrected chi connectivity index (χ0v) is 14.0. The third-order valence-corrected chi connectivity index (χ3v) is 4.00. The number of alkyl halides is 1.